The van der Waals surface area contributed by atoms with Gasteiger partial charge in [-0.05, 0) is 25.0 Å². The molecule has 1 aromatic heterocycles. The van der Waals surface area contributed by atoms with Crippen LogP contribution in [0, 0.1) is 10.1 Å². The van der Waals surface area contributed by atoms with E-state index in [1.54, 1.807) is 18.5 Å². The van der Waals surface area contributed by atoms with Crippen molar-refractivity contribution in [2.45, 2.75) is 23.7 Å². The predicted octanol–water partition coefficient (Wildman–Crippen LogP) is 1.51. The molecule has 0 aliphatic carbocycles. The third-order valence-electron chi connectivity index (χ3n) is 4.43. The summed E-state index contributed by atoms with van der Waals surface area (Å²) in [6.45, 7) is 1.16. The van der Waals surface area contributed by atoms with Gasteiger partial charge in [0, 0.05) is 32.3 Å². The fourth-order valence-electron chi connectivity index (χ4n) is 3.32. The number of hydrogen-bond donors (Lipinski definition) is 0. The Labute approximate surface area is 145 Å². The summed E-state index contributed by atoms with van der Waals surface area (Å²) in [5, 5.41) is 19.6. The molecule has 0 spiro atoms. The summed E-state index contributed by atoms with van der Waals surface area (Å²) >= 11 is 0. The van der Waals surface area contributed by atoms with Crippen molar-refractivity contribution in [3.8, 4) is 0 Å². The summed E-state index contributed by atoms with van der Waals surface area (Å²) in [5.74, 6) is 0.911. The number of sulfone groups is 1. The normalized spacial score (nSPS) is 18.3. The molecule has 0 saturated carbocycles. The van der Waals surface area contributed by atoms with E-state index in [0.29, 0.717) is 18.8 Å². The topological polar surface area (TPSA) is 111 Å². The van der Waals surface area contributed by atoms with E-state index in [4.69, 9.17) is 0 Å². The Bertz CT molecular complexity index is 908. The summed E-state index contributed by atoms with van der Waals surface area (Å²) in [5.41, 5.74) is -0.0246. The SMILES string of the molecule is Cn1cnnc1C1CCCN(c2cccc(S(C)(=O)=O)c2[N+](=O)[O-])C1. The number of aryl methyl sites for hydroxylation is 1. The fourth-order valence-corrected chi connectivity index (χ4v) is 4.17. The van der Waals surface area contributed by atoms with Crippen LogP contribution < -0.4 is 4.90 Å². The highest BCUT2D eigenvalue weighted by Gasteiger charge is 2.32. The van der Waals surface area contributed by atoms with Gasteiger partial charge < -0.3 is 9.47 Å². The number of hydrogen-bond acceptors (Lipinski definition) is 7. The van der Waals surface area contributed by atoms with Crippen molar-refractivity contribution >= 4 is 21.2 Å². The van der Waals surface area contributed by atoms with Crippen molar-refractivity contribution in [1.29, 1.82) is 0 Å². The molecule has 2 aromatic rings. The van der Waals surface area contributed by atoms with E-state index in [2.05, 4.69) is 10.2 Å². The Morgan fingerprint density at radius 2 is 2.12 bits per heavy atom. The molecule has 1 atom stereocenters. The molecule has 1 fully saturated rings. The van der Waals surface area contributed by atoms with Crippen LogP contribution in [0.25, 0.3) is 0 Å². The average molecular weight is 365 g/mol. The van der Waals surface area contributed by atoms with Gasteiger partial charge in [0.15, 0.2) is 9.84 Å². The molecule has 3 rings (SSSR count). The van der Waals surface area contributed by atoms with Crippen molar-refractivity contribution in [2.75, 3.05) is 24.2 Å². The van der Waals surface area contributed by atoms with Crippen molar-refractivity contribution in [2.24, 2.45) is 7.05 Å². The molecular weight excluding hydrogens is 346 g/mol. The summed E-state index contributed by atoms with van der Waals surface area (Å²) in [6, 6.07) is 4.43. The van der Waals surface area contributed by atoms with Crippen molar-refractivity contribution in [3.05, 3.63) is 40.5 Å². The molecule has 1 saturated heterocycles. The first-order chi connectivity index (χ1) is 11.8. The first-order valence-electron chi connectivity index (χ1n) is 7.85. The molecule has 134 valence electrons. The van der Waals surface area contributed by atoms with E-state index in [1.807, 2.05) is 16.5 Å². The van der Waals surface area contributed by atoms with Crippen LogP contribution in [0.5, 0.6) is 0 Å². The lowest BCUT2D eigenvalue weighted by Crippen LogP contribution is -2.35. The number of para-hydroxylation sites is 1. The minimum Gasteiger partial charge on any atom is -0.365 e. The maximum atomic E-state index is 11.9. The van der Waals surface area contributed by atoms with E-state index in [1.165, 1.54) is 6.07 Å². The van der Waals surface area contributed by atoms with Crippen LogP contribution in [0.15, 0.2) is 29.4 Å². The lowest BCUT2D eigenvalue weighted by molar-refractivity contribution is -0.387. The summed E-state index contributed by atoms with van der Waals surface area (Å²) in [4.78, 5) is 12.6. The number of anilines is 1. The average Bonchev–Trinajstić information content (AvgIpc) is 2.99. The lowest BCUT2D eigenvalue weighted by Gasteiger charge is -2.33. The number of piperidine rings is 1. The van der Waals surface area contributed by atoms with Gasteiger partial charge in [0.2, 0.25) is 0 Å². The molecule has 0 bridgehead atoms. The van der Waals surface area contributed by atoms with Gasteiger partial charge in [0.25, 0.3) is 0 Å². The molecular formula is C15H19N5O4S. The lowest BCUT2D eigenvalue weighted by atomic mass is 9.96. The molecule has 10 heteroatoms. The molecule has 25 heavy (non-hydrogen) atoms. The Kier molecular flexibility index (Phi) is 4.46. The number of aromatic nitrogens is 3. The quantitative estimate of drug-likeness (QED) is 0.596. The van der Waals surface area contributed by atoms with Gasteiger partial charge in [-0.3, -0.25) is 10.1 Å². The molecule has 0 amide bonds. The number of nitro benzene ring substituents is 1. The third kappa shape index (κ3) is 3.34. The largest absolute Gasteiger partial charge is 0.365 e. The number of nitrogens with zero attached hydrogens (tertiary/aromatic N) is 5. The third-order valence-corrected chi connectivity index (χ3v) is 5.56. The fraction of sp³-hybridized carbons (Fsp3) is 0.467. The first-order valence-corrected chi connectivity index (χ1v) is 9.74. The van der Waals surface area contributed by atoms with Gasteiger partial charge in [-0.1, -0.05) is 6.07 Å². The number of nitro groups is 1. The Morgan fingerprint density at radius 3 is 2.72 bits per heavy atom. The molecule has 9 nitrogen and oxygen atoms in total. The van der Waals surface area contributed by atoms with Gasteiger partial charge in [-0.25, -0.2) is 8.42 Å². The van der Waals surface area contributed by atoms with Gasteiger partial charge in [0.05, 0.1) is 4.92 Å². The molecule has 0 radical (unpaired) electrons. The maximum Gasteiger partial charge on any atom is 0.311 e. The van der Waals surface area contributed by atoms with E-state index >= 15 is 0 Å². The van der Waals surface area contributed by atoms with Crippen molar-refractivity contribution in [1.82, 2.24) is 14.8 Å². The van der Waals surface area contributed by atoms with Crippen LogP contribution in [0.4, 0.5) is 11.4 Å². The zero-order chi connectivity index (χ0) is 18.2. The minimum atomic E-state index is -3.70. The molecule has 1 aliphatic rings. The summed E-state index contributed by atoms with van der Waals surface area (Å²) in [7, 11) is -1.84. The Balaban J connectivity index is 2.01. The second kappa shape index (κ2) is 6.43. The molecule has 2 heterocycles. The Hall–Kier alpha value is -2.49. The van der Waals surface area contributed by atoms with Crippen molar-refractivity contribution in [3.63, 3.8) is 0 Å². The molecule has 1 aliphatic heterocycles. The smallest absolute Gasteiger partial charge is 0.311 e. The monoisotopic (exact) mass is 365 g/mol. The van der Waals surface area contributed by atoms with Crippen LogP contribution in [-0.4, -0.2) is 47.5 Å². The summed E-state index contributed by atoms with van der Waals surface area (Å²) < 4.78 is 25.7. The highest BCUT2D eigenvalue weighted by molar-refractivity contribution is 7.90. The van der Waals surface area contributed by atoms with Crippen LogP contribution in [0.2, 0.25) is 0 Å². The minimum absolute atomic E-state index is 0.0859. The van der Waals surface area contributed by atoms with Gasteiger partial charge in [-0.2, -0.15) is 0 Å². The van der Waals surface area contributed by atoms with Crippen LogP contribution in [0.3, 0.4) is 0 Å². The molecule has 1 aromatic carbocycles. The predicted molar refractivity (Wildman–Crippen MR) is 91.4 cm³/mol. The van der Waals surface area contributed by atoms with E-state index in [-0.39, 0.29) is 16.5 Å². The highest BCUT2D eigenvalue weighted by Crippen LogP contribution is 2.37. The van der Waals surface area contributed by atoms with Crippen LogP contribution in [0.1, 0.15) is 24.6 Å². The second-order valence-corrected chi connectivity index (χ2v) is 8.22. The Morgan fingerprint density at radius 1 is 1.36 bits per heavy atom. The van der Waals surface area contributed by atoms with Gasteiger partial charge in [-0.15, -0.1) is 10.2 Å². The van der Waals surface area contributed by atoms with Gasteiger partial charge >= 0.3 is 5.69 Å². The molecule has 0 N–H and O–H groups in total. The van der Waals surface area contributed by atoms with E-state index in [9.17, 15) is 18.5 Å². The standard InChI is InChI=1S/C15H19N5O4S/c1-18-10-16-17-15(18)11-5-4-8-19(9-11)12-6-3-7-13(25(2,23)24)14(12)20(21)22/h3,6-7,10-11H,4-5,8-9H2,1-2H3. The van der Waals surface area contributed by atoms with Gasteiger partial charge in [0.1, 0.15) is 22.7 Å². The number of benzene rings is 1. The first kappa shape index (κ1) is 17.3. The van der Waals surface area contributed by atoms with Crippen LogP contribution in [-0.2, 0) is 16.9 Å². The zero-order valence-corrected chi connectivity index (χ0v) is 14.8. The van der Waals surface area contributed by atoms with Crippen LogP contribution >= 0.6 is 0 Å². The maximum absolute atomic E-state index is 11.9. The number of rotatable bonds is 4. The second-order valence-electron chi connectivity index (χ2n) is 6.24. The van der Waals surface area contributed by atoms with E-state index in [0.717, 1.165) is 24.9 Å². The summed E-state index contributed by atoms with van der Waals surface area (Å²) in [6.07, 6.45) is 4.35. The van der Waals surface area contributed by atoms with E-state index < -0.39 is 14.8 Å². The highest BCUT2D eigenvalue weighted by atomic mass is 32.2. The van der Waals surface area contributed by atoms with Crippen molar-refractivity contribution < 1.29 is 13.3 Å². The molecule has 1 unspecified atom stereocenters. The zero-order valence-electron chi connectivity index (χ0n) is 14.0.